The van der Waals surface area contributed by atoms with Gasteiger partial charge in [-0.25, -0.2) is 0 Å². The van der Waals surface area contributed by atoms with Crippen LogP contribution < -0.4 is 0 Å². The normalized spacial score (nSPS) is 10.4. The molecule has 0 aliphatic heterocycles. The van der Waals surface area contributed by atoms with Crippen molar-refractivity contribution in [1.29, 1.82) is 0 Å². The van der Waals surface area contributed by atoms with E-state index in [1.165, 1.54) is 6.07 Å². The lowest BCUT2D eigenvalue weighted by molar-refractivity contribution is 0.452. The Bertz CT molecular complexity index is 613. The number of aromatic hydroxyl groups is 3. The molecule has 0 aliphatic carbocycles. The number of phenolic OH excluding ortho intramolecular Hbond substituents is 3. The van der Waals surface area contributed by atoms with E-state index in [1.807, 2.05) is 0 Å². The van der Waals surface area contributed by atoms with Crippen molar-refractivity contribution in [3.8, 4) is 17.2 Å². The van der Waals surface area contributed by atoms with Crippen LogP contribution in [0.25, 0.3) is 5.57 Å². The minimum Gasteiger partial charge on any atom is -0.508 e. The van der Waals surface area contributed by atoms with Gasteiger partial charge in [0.05, 0.1) is 0 Å². The molecule has 0 saturated carbocycles. The molecule has 0 radical (unpaired) electrons. The number of hydrogen-bond donors (Lipinski definition) is 3. The van der Waals surface area contributed by atoms with Gasteiger partial charge >= 0.3 is 0 Å². The summed E-state index contributed by atoms with van der Waals surface area (Å²) < 4.78 is 0. The summed E-state index contributed by atoms with van der Waals surface area (Å²) in [6, 6.07) is 9.80. The molecule has 0 heterocycles. The van der Waals surface area contributed by atoms with Gasteiger partial charge < -0.3 is 15.3 Å². The number of benzene rings is 2. The van der Waals surface area contributed by atoms with Crippen molar-refractivity contribution in [3.63, 3.8) is 0 Å². The summed E-state index contributed by atoms with van der Waals surface area (Å²) in [6.07, 6.45) is 0.435. The molecule has 2 aromatic rings. The molecule has 0 amide bonds. The molecule has 0 fully saturated rings. The lowest BCUT2D eigenvalue weighted by atomic mass is 9.98. The lowest BCUT2D eigenvalue weighted by Gasteiger charge is -2.10. The van der Waals surface area contributed by atoms with Gasteiger partial charge in [-0.2, -0.15) is 0 Å². The fraction of sp³-hybridized carbons (Fsp3) is 0.125. The summed E-state index contributed by atoms with van der Waals surface area (Å²) >= 11 is 0. The molecule has 3 nitrogen and oxygen atoms in total. The third kappa shape index (κ3) is 2.88. The Kier molecular flexibility index (Phi) is 3.47. The monoisotopic (exact) mass is 256 g/mol. The highest BCUT2D eigenvalue weighted by molar-refractivity contribution is 5.67. The summed E-state index contributed by atoms with van der Waals surface area (Å²) in [7, 11) is 0. The van der Waals surface area contributed by atoms with Crippen LogP contribution in [0.5, 0.6) is 17.2 Å². The van der Waals surface area contributed by atoms with Crippen molar-refractivity contribution in [3.05, 3.63) is 59.7 Å². The van der Waals surface area contributed by atoms with Crippen molar-refractivity contribution in [2.24, 2.45) is 0 Å². The van der Waals surface area contributed by atoms with Crippen LogP contribution in [0, 0.1) is 6.92 Å². The first-order chi connectivity index (χ1) is 8.97. The zero-order valence-corrected chi connectivity index (χ0v) is 10.7. The zero-order valence-electron chi connectivity index (χ0n) is 10.7. The minimum absolute atomic E-state index is 0.148. The molecule has 19 heavy (non-hydrogen) atoms. The Morgan fingerprint density at radius 2 is 1.63 bits per heavy atom. The van der Waals surface area contributed by atoms with Gasteiger partial charge in [-0.1, -0.05) is 18.7 Å². The summed E-state index contributed by atoms with van der Waals surface area (Å²) in [5.74, 6) is 0.508. The van der Waals surface area contributed by atoms with E-state index in [0.29, 0.717) is 17.5 Å². The highest BCUT2D eigenvalue weighted by Gasteiger charge is 2.08. The van der Waals surface area contributed by atoms with Crippen molar-refractivity contribution in [1.82, 2.24) is 0 Å². The zero-order chi connectivity index (χ0) is 14.0. The van der Waals surface area contributed by atoms with Crippen LogP contribution in [0.4, 0.5) is 0 Å². The van der Waals surface area contributed by atoms with Gasteiger partial charge in [0.25, 0.3) is 0 Å². The molecule has 2 aromatic carbocycles. The van der Waals surface area contributed by atoms with Crippen molar-refractivity contribution < 1.29 is 15.3 Å². The standard InChI is InChI=1S/C16H16O3/c1-10(12-3-5-14(17)6-4-12)7-13-9-15(18)11(2)8-16(13)19/h3-6,8-9,17-19H,1,7H2,2H3. The van der Waals surface area contributed by atoms with E-state index in [1.54, 1.807) is 37.3 Å². The third-order valence-corrected chi connectivity index (χ3v) is 3.08. The van der Waals surface area contributed by atoms with E-state index in [0.717, 1.165) is 11.1 Å². The smallest absolute Gasteiger partial charge is 0.119 e. The summed E-state index contributed by atoms with van der Waals surface area (Å²) in [4.78, 5) is 0. The maximum absolute atomic E-state index is 9.86. The van der Waals surface area contributed by atoms with Gasteiger partial charge in [0.1, 0.15) is 17.2 Å². The molecule has 0 aliphatic rings. The molecule has 0 unspecified atom stereocenters. The second kappa shape index (κ2) is 5.06. The molecule has 3 heteroatoms. The van der Waals surface area contributed by atoms with Crippen LogP contribution >= 0.6 is 0 Å². The van der Waals surface area contributed by atoms with E-state index in [4.69, 9.17) is 0 Å². The van der Waals surface area contributed by atoms with Crippen LogP contribution in [0.2, 0.25) is 0 Å². The fourth-order valence-electron chi connectivity index (χ4n) is 1.90. The predicted octanol–water partition coefficient (Wildman–Crippen LogP) is 3.37. The first-order valence-corrected chi connectivity index (χ1v) is 5.96. The molecule has 0 saturated heterocycles. The number of rotatable bonds is 3. The first kappa shape index (κ1) is 13.0. The van der Waals surface area contributed by atoms with Crippen LogP contribution in [-0.4, -0.2) is 15.3 Å². The van der Waals surface area contributed by atoms with Crippen molar-refractivity contribution in [2.75, 3.05) is 0 Å². The van der Waals surface area contributed by atoms with Crippen LogP contribution in [-0.2, 0) is 6.42 Å². The number of hydrogen-bond acceptors (Lipinski definition) is 3. The Morgan fingerprint density at radius 3 is 2.26 bits per heavy atom. The van der Waals surface area contributed by atoms with E-state index < -0.39 is 0 Å². The number of allylic oxidation sites excluding steroid dienone is 1. The van der Waals surface area contributed by atoms with Crippen molar-refractivity contribution in [2.45, 2.75) is 13.3 Å². The molecule has 98 valence electrons. The maximum Gasteiger partial charge on any atom is 0.119 e. The van der Waals surface area contributed by atoms with Crippen molar-refractivity contribution >= 4 is 5.57 Å². The molecule has 0 spiro atoms. The largest absolute Gasteiger partial charge is 0.508 e. The van der Waals surface area contributed by atoms with Gasteiger partial charge in [0.2, 0.25) is 0 Å². The second-order valence-corrected chi connectivity index (χ2v) is 4.59. The van der Waals surface area contributed by atoms with Gasteiger partial charge in [-0.15, -0.1) is 0 Å². The Morgan fingerprint density at radius 1 is 1.00 bits per heavy atom. The number of aryl methyl sites for hydroxylation is 1. The highest BCUT2D eigenvalue weighted by Crippen LogP contribution is 2.30. The first-order valence-electron chi connectivity index (χ1n) is 5.96. The molecule has 0 aromatic heterocycles. The Hall–Kier alpha value is -2.42. The molecular formula is C16H16O3. The number of phenols is 3. The fourth-order valence-corrected chi connectivity index (χ4v) is 1.90. The maximum atomic E-state index is 9.86. The van der Waals surface area contributed by atoms with E-state index in [-0.39, 0.29) is 17.2 Å². The van der Waals surface area contributed by atoms with Crippen LogP contribution in [0.1, 0.15) is 16.7 Å². The summed E-state index contributed by atoms with van der Waals surface area (Å²) in [5.41, 5.74) is 2.95. The highest BCUT2D eigenvalue weighted by atomic mass is 16.3. The van der Waals surface area contributed by atoms with Gasteiger partial charge in [0.15, 0.2) is 0 Å². The van der Waals surface area contributed by atoms with E-state index in [9.17, 15) is 15.3 Å². The molecule has 2 rings (SSSR count). The lowest BCUT2D eigenvalue weighted by Crippen LogP contribution is -1.91. The Labute approximate surface area is 112 Å². The molecule has 0 atom stereocenters. The topological polar surface area (TPSA) is 60.7 Å². The Balaban J connectivity index is 2.24. The third-order valence-electron chi connectivity index (χ3n) is 3.08. The molecule has 3 N–H and O–H groups in total. The van der Waals surface area contributed by atoms with E-state index in [2.05, 4.69) is 6.58 Å². The minimum atomic E-state index is 0.148. The molecular weight excluding hydrogens is 240 g/mol. The second-order valence-electron chi connectivity index (χ2n) is 4.59. The summed E-state index contributed by atoms with van der Waals surface area (Å²) in [5, 5.41) is 28.8. The average molecular weight is 256 g/mol. The van der Waals surface area contributed by atoms with Gasteiger partial charge in [-0.05, 0) is 47.9 Å². The van der Waals surface area contributed by atoms with Crippen LogP contribution in [0.3, 0.4) is 0 Å². The molecule has 0 bridgehead atoms. The predicted molar refractivity (Wildman–Crippen MR) is 75.4 cm³/mol. The van der Waals surface area contributed by atoms with Crippen LogP contribution in [0.15, 0.2) is 43.0 Å². The quantitative estimate of drug-likeness (QED) is 0.738. The summed E-state index contributed by atoms with van der Waals surface area (Å²) in [6.45, 7) is 5.70. The van der Waals surface area contributed by atoms with Gasteiger partial charge in [-0.3, -0.25) is 0 Å². The van der Waals surface area contributed by atoms with E-state index >= 15 is 0 Å². The average Bonchev–Trinajstić information content (AvgIpc) is 2.36. The van der Waals surface area contributed by atoms with Gasteiger partial charge in [0, 0.05) is 12.0 Å². The SMILES string of the molecule is C=C(Cc1cc(O)c(C)cc1O)c1ccc(O)cc1.